The van der Waals surface area contributed by atoms with E-state index >= 15 is 0 Å². The first-order valence-electron chi connectivity index (χ1n) is 3.84. The molecule has 1 aromatic rings. The summed E-state index contributed by atoms with van der Waals surface area (Å²) in [6.45, 7) is 0. The van der Waals surface area contributed by atoms with E-state index in [1.54, 1.807) is 0 Å². The van der Waals surface area contributed by atoms with E-state index < -0.39 is 0 Å². The molecule has 0 spiro atoms. The van der Waals surface area contributed by atoms with Crippen molar-refractivity contribution in [3.63, 3.8) is 0 Å². The molecule has 0 radical (unpaired) electrons. The van der Waals surface area contributed by atoms with Crippen LogP contribution in [0.3, 0.4) is 0 Å². The highest BCUT2D eigenvalue weighted by Crippen LogP contribution is 2.31. The normalized spacial score (nSPS) is 17.1. The molecular formula is C8H7NO2S2. The quantitative estimate of drug-likeness (QED) is 0.556. The second-order valence-electron chi connectivity index (χ2n) is 2.61. The zero-order valence-corrected chi connectivity index (χ0v) is 8.36. The minimum Gasteiger partial charge on any atom is -0.273 e. The van der Waals surface area contributed by atoms with Crippen molar-refractivity contribution in [1.29, 1.82) is 0 Å². The second kappa shape index (κ2) is 3.51. The number of carbonyl (C=O) groups excluding carboxylic acids is 2. The molecule has 0 aromatic carbocycles. The average molecular weight is 213 g/mol. The number of rotatable bonds is 2. The predicted octanol–water partition coefficient (Wildman–Crippen LogP) is 1.90. The van der Waals surface area contributed by atoms with Gasteiger partial charge < -0.3 is 0 Å². The molecule has 0 N–H and O–H groups in total. The van der Waals surface area contributed by atoms with Crippen molar-refractivity contribution >= 4 is 35.1 Å². The fourth-order valence-corrected chi connectivity index (χ4v) is 2.78. The summed E-state index contributed by atoms with van der Waals surface area (Å²) in [6, 6.07) is 3.80. The monoisotopic (exact) mass is 213 g/mol. The van der Waals surface area contributed by atoms with Crippen LogP contribution in [0.25, 0.3) is 0 Å². The van der Waals surface area contributed by atoms with Crippen LogP contribution in [0.15, 0.2) is 21.7 Å². The van der Waals surface area contributed by atoms with Gasteiger partial charge in [0.05, 0.1) is 4.21 Å². The van der Waals surface area contributed by atoms with Crippen molar-refractivity contribution in [2.45, 2.75) is 17.1 Å². The molecule has 1 saturated heterocycles. The van der Waals surface area contributed by atoms with E-state index in [1.807, 2.05) is 17.5 Å². The van der Waals surface area contributed by atoms with Crippen molar-refractivity contribution in [2.24, 2.45) is 0 Å². The molecule has 1 fully saturated rings. The molecule has 0 bridgehead atoms. The zero-order valence-electron chi connectivity index (χ0n) is 6.73. The summed E-state index contributed by atoms with van der Waals surface area (Å²) in [7, 11) is 0. The highest BCUT2D eigenvalue weighted by molar-refractivity contribution is 7.99. The summed E-state index contributed by atoms with van der Waals surface area (Å²) < 4.78 is 2.23. The van der Waals surface area contributed by atoms with Gasteiger partial charge in [-0.2, -0.15) is 0 Å². The van der Waals surface area contributed by atoms with E-state index in [0.717, 1.165) is 4.21 Å². The first kappa shape index (κ1) is 8.77. The molecule has 0 aliphatic carbocycles. The third-order valence-electron chi connectivity index (χ3n) is 1.68. The summed E-state index contributed by atoms with van der Waals surface area (Å²) >= 11 is 2.76. The Kier molecular flexibility index (Phi) is 2.37. The van der Waals surface area contributed by atoms with Gasteiger partial charge in [-0.25, -0.2) is 4.31 Å². The fraction of sp³-hybridized carbons (Fsp3) is 0.250. The van der Waals surface area contributed by atoms with Crippen LogP contribution in [0.2, 0.25) is 0 Å². The number of thiophene rings is 1. The van der Waals surface area contributed by atoms with Crippen LogP contribution in [0.1, 0.15) is 12.8 Å². The van der Waals surface area contributed by atoms with E-state index in [1.165, 1.54) is 27.6 Å². The smallest absolute Gasteiger partial charge is 0.240 e. The molecule has 5 heteroatoms. The number of hydrogen-bond donors (Lipinski definition) is 0. The third-order valence-corrected chi connectivity index (χ3v) is 3.76. The average Bonchev–Trinajstić information content (AvgIpc) is 2.70. The summed E-state index contributed by atoms with van der Waals surface area (Å²) in [6.07, 6.45) is 0.717. The first-order valence-corrected chi connectivity index (χ1v) is 5.50. The third kappa shape index (κ3) is 1.76. The van der Waals surface area contributed by atoms with E-state index in [0.29, 0.717) is 12.8 Å². The Morgan fingerprint density at radius 1 is 1.31 bits per heavy atom. The Hall–Kier alpha value is -0.810. The molecule has 1 aliphatic heterocycles. The Morgan fingerprint density at radius 3 is 2.54 bits per heavy atom. The van der Waals surface area contributed by atoms with Crippen LogP contribution in [0, 0.1) is 0 Å². The Bertz CT molecular complexity index is 318. The van der Waals surface area contributed by atoms with Crippen molar-refractivity contribution in [3.05, 3.63) is 17.5 Å². The summed E-state index contributed by atoms with van der Waals surface area (Å²) in [5.41, 5.74) is 0. The van der Waals surface area contributed by atoms with Gasteiger partial charge in [-0.1, -0.05) is 6.07 Å². The van der Waals surface area contributed by atoms with Crippen molar-refractivity contribution in [3.8, 4) is 0 Å². The van der Waals surface area contributed by atoms with Gasteiger partial charge in [0.15, 0.2) is 0 Å². The van der Waals surface area contributed by atoms with E-state index in [-0.39, 0.29) is 11.8 Å². The van der Waals surface area contributed by atoms with Crippen LogP contribution >= 0.6 is 23.3 Å². The summed E-state index contributed by atoms with van der Waals surface area (Å²) in [5, 5.41) is 1.92. The van der Waals surface area contributed by atoms with Crippen LogP contribution in [-0.2, 0) is 9.59 Å². The molecule has 2 heterocycles. The Morgan fingerprint density at radius 2 is 2.00 bits per heavy atom. The van der Waals surface area contributed by atoms with Crippen LogP contribution in [-0.4, -0.2) is 16.1 Å². The topological polar surface area (TPSA) is 37.4 Å². The van der Waals surface area contributed by atoms with Gasteiger partial charge in [0.25, 0.3) is 0 Å². The van der Waals surface area contributed by atoms with Crippen molar-refractivity contribution in [1.82, 2.24) is 4.31 Å². The van der Waals surface area contributed by atoms with Crippen molar-refractivity contribution < 1.29 is 9.59 Å². The van der Waals surface area contributed by atoms with Crippen LogP contribution < -0.4 is 0 Å². The molecule has 68 valence electrons. The number of hydrogen-bond acceptors (Lipinski definition) is 4. The van der Waals surface area contributed by atoms with E-state index in [2.05, 4.69) is 0 Å². The standard InChI is InChI=1S/C8H7NO2S2/c10-6-3-4-7(11)9(6)13-8-2-1-5-12-8/h1-2,5H,3-4H2. The number of carbonyl (C=O) groups is 2. The maximum Gasteiger partial charge on any atom is 0.240 e. The van der Waals surface area contributed by atoms with E-state index in [4.69, 9.17) is 0 Å². The van der Waals surface area contributed by atoms with Crippen LogP contribution in [0.4, 0.5) is 0 Å². The zero-order chi connectivity index (χ0) is 9.26. The predicted molar refractivity (Wildman–Crippen MR) is 51.3 cm³/mol. The highest BCUT2D eigenvalue weighted by atomic mass is 32.2. The molecular weight excluding hydrogens is 206 g/mol. The molecule has 2 amide bonds. The number of nitrogens with zero attached hydrogens (tertiary/aromatic N) is 1. The summed E-state index contributed by atoms with van der Waals surface area (Å²) in [5.74, 6) is -0.160. The molecule has 1 aromatic heterocycles. The first-order chi connectivity index (χ1) is 6.27. The van der Waals surface area contributed by atoms with Gasteiger partial charge in [0.1, 0.15) is 0 Å². The highest BCUT2D eigenvalue weighted by Gasteiger charge is 2.30. The lowest BCUT2D eigenvalue weighted by molar-refractivity contribution is -0.131. The molecule has 0 unspecified atom stereocenters. The van der Waals surface area contributed by atoms with Gasteiger partial charge in [-0.05, 0) is 11.4 Å². The Labute approximate surface area is 83.9 Å². The van der Waals surface area contributed by atoms with Gasteiger partial charge in [0, 0.05) is 24.8 Å². The van der Waals surface area contributed by atoms with Gasteiger partial charge in [-0.3, -0.25) is 9.59 Å². The maximum absolute atomic E-state index is 11.2. The lowest BCUT2D eigenvalue weighted by Gasteiger charge is -2.09. The molecule has 0 atom stereocenters. The largest absolute Gasteiger partial charge is 0.273 e. The van der Waals surface area contributed by atoms with Crippen molar-refractivity contribution in [2.75, 3.05) is 0 Å². The van der Waals surface area contributed by atoms with Crippen LogP contribution in [0.5, 0.6) is 0 Å². The van der Waals surface area contributed by atoms with E-state index in [9.17, 15) is 9.59 Å². The number of imide groups is 1. The van der Waals surface area contributed by atoms with Gasteiger partial charge in [-0.15, -0.1) is 11.3 Å². The Balaban J connectivity index is 2.09. The number of amides is 2. The molecule has 0 saturated carbocycles. The molecule has 13 heavy (non-hydrogen) atoms. The molecule has 3 nitrogen and oxygen atoms in total. The van der Waals surface area contributed by atoms with Gasteiger partial charge in [0.2, 0.25) is 11.8 Å². The molecule has 2 rings (SSSR count). The minimum absolute atomic E-state index is 0.0802. The lowest BCUT2D eigenvalue weighted by Crippen LogP contribution is -2.20. The van der Waals surface area contributed by atoms with Gasteiger partial charge >= 0.3 is 0 Å². The fourth-order valence-electron chi connectivity index (χ4n) is 1.06. The second-order valence-corrected chi connectivity index (χ2v) is 4.80. The molecule has 1 aliphatic rings. The maximum atomic E-state index is 11.2. The minimum atomic E-state index is -0.0802. The lowest BCUT2D eigenvalue weighted by atomic mass is 10.4. The summed E-state index contributed by atoms with van der Waals surface area (Å²) in [4.78, 5) is 22.4. The SMILES string of the molecule is O=C1CCC(=O)N1Sc1cccs1.